The summed E-state index contributed by atoms with van der Waals surface area (Å²) in [5.74, 6) is -2.03. The van der Waals surface area contributed by atoms with Gasteiger partial charge >= 0.3 is 5.97 Å². The lowest BCUT2D eigenvalue weighted by molar-refractivity contribution is -0.129. The quantitative estimate of drug-likeness (QED) is 0.809. The van der Waals surface area contributed by atoms with Gasteiger partial charge in [-0.1, -0.05) is 46.3 Å². The van der Waals surface area contributed by atoms with Crippen molar-refractivity contribution in [1.29, 1.82) is 0 Å². The number of carbonyl (C=O) groups is 2. The van der Waals surface area contributed by atoms with Gasteiger partial charge in [0.1, 0.15) is 5.82 Å². The van der Waals surface area contributed by atoms with Gasteiger partial charge in [0.2, 0.25) is 0 Å². The molecule has 0 saturated carbocycles. The van der Waals surface area contributed by atoms with Crippen LogP contribution in [-0.4, -0.2) is 18.0 Å². The Morgan fingerprint density at radius 2 is 1.91 bits per heavy atom. The third-order valence-corrected chi connectivity index (χ3v) is 3.61. The first kappa shape index (κ1) is 17.1. The fourth-order valence-corrected chi connectivity index (χ4v) is 2.19. The van der Waals surface area contributed by atoms with Gasteiger partial charge in [-0.3, -0.25) is 4.79 Å². The first-order valence-corrected chi connectivity index (χ1v) is 7.74. The van der Waals surface area contributed by atoms with E-state index in [9.17, 15) is 14.0 Å². The Labute approximate surface area is 141 Å². The highest BCUT2D eigenvalue weighted by Crippen LogP contribution is 2.16. The van der Waals surface area contributed by atoms with Gasteiger partial charge in [-0.2, -0.15) is 0 Å². The monoisotopic (exact) mass is 379 g/mol. The maximum Gasteiger partial charge on any atom is 0.341 e. The molecule has 120 valence electrons. The molecule has 6 heteroatoms. The summed E-state index contributed by atoms with van der Waals surface area (Å²) in [6.07, 6.45) is -1.02. The lowest BCUT2D eigenvalue weighted by atomic mass is 10.2. The van der Waals surface area contributed by atoms with Crippen molar-refractivity contribution >= 4 is 27.8 Å². The number of ether oxygens (including phenoxy) is 1. The normalized spacial score (nSPS) is 11.6. The molecule has 0 spiro atoms. The summed E-state index contributed by atoms with van der Waals surface area (Å²) in [5.41, 5.74) is 0.717. The van der Waals surface area contributed by atoms with E-state index in [1.807, 2.05) is 30.3 Å². The van der Waals surface area contributed by atoms with Crippen LogP contribution in [0.15, 0.2) is 53.0 Å². The lowest BCUT2D eigenvalue weighted by Gasteiger charge is -2.14. The van der Waals surface area contributed by atoms with E-state index in [2.05, 4.69) is 21.2 Å². The zero-order valence-corrected chi connectivity index (χ0v) is 14.0. The van der Waals surface area contributed by atoms with Crippen LogP contribution in [0.1, 0.15) is 22.8 Å². The molecule has 2 aromatic carbocycles. The fraction of sp³-hybridized carbons (Fsp3) is 0.176. The predicted octanol–water partition coefficient (Wildman–Crippen LogP) is 3.45. The number of hydrogen-bond donors (Lipinski definition) is 1. The molecule has 0 heterocycles. The summed E-state index contributed by atoms with van der Waals surface area (Å²) < 4.78 is 19.2. The Hall–Kier alpha value is -2.21. The van der Waals surface area contributed by atoms with Crippen LogP contribution in [0.2, 0.25) is 0 Å². The van der Waals surface area contributed by atoms with E-state index in [4.69, 9.17) is 4.74 Å². The second kappa shape index (κ2) is 7.87. The van der Waals surface area contributed by atoms with Crippen LogP contribution in [-0.2, 0) is 16.1 Å². The van der Waals surface area contributed by atoms with Crippen molar-refractivity contribution in [2.24, 2.45) is 0 Å². The fourth-order valence-electron chi connectivity index (χ4n) is 1.86. The highest BCUT2D eigenvalue weighted by atomic mass is 79.9. The first-order chi connectivity index (χ1) is 11.0. The molecular formula is C17H15BrFNO3. The molecule has 0 bridgehead atoms. The van der Waals surface area contributed by atoms with Crippen molar-refractivity contribution < 1.29 is 18.7 Å². The SMILES string of the molecule is C[C@@H](OC(=O)c1ccc(Br)cc1F)C(=O)NCc1ccccc1. The van der Waals surface area contributed by atoms with E-state index in [1.54, 1.807) is 0 Å². The zero-order chi connectivity index (χ0) is 16.8. The molecule has 0 aliphatic heterocycles. The molecule has 1 amide bonds. The van der Waals surface area contributed by atoms with Crippen molar-refractivity contribution in [1.82, 2.24) is 5.32 Å². The average Bonchev–Trinajstić information content (AvgIpc) is 2.53. The van der Waals surface area contributed by atoms with E-state index in [-0.39, 0.29) is 5.56 Å². The van der Waals surface area contributed by atoms with Crippen molar-refractivity contribution in [2.45, 2.75) is 19.6 Å². The molecule has 0 unspecified atom stereocenters. The van der Waals surface area contributed by atoms with Crippen LogP contribution in [0.3, 0.4) is 0 Å². The van der Waals surface area contributed by atoms with Crippen LogP contribution in [0, 0.1) is 5.82 Å². The van der Waals surface area contributed by atoms with E-state index in [0.29, 0.717) is 11.0 Å². The minimum Gasteiger partial charge on any atom is -0.449 e. The maximum atomic E-state index is 13.7. The maximum absolute atomic E-state index is 13.7. The van der Waals surface area contributed by atoms with E-state index < -0.39 is 23.8 Å². The largest absolute Gasteiger partial charge is 0.449 e. The summed E-state index contributed by atoms with van der Waals surface area (Å²) in [5, 5.41) is 2.66. The number of rotatable bonds is 5. The van der Waals surface area contributed by atoms with Gasteiger partial charge in [0.15, 0.2) is 6.10 Å². The molecule has 4 nitrogen and oxygen atoms in total. The van der Waals surface area contributed by atoms with Crippen LogP contribution >= 0.6 is 15.9 Å². The number of hydrogen-bond acceptors (Lipinski definition) is 3. The van der Waals surface area contributed by atoms with Crippen molar-refractivity contribution in [3.8, 4) is 0 Å². The van der Waals surface area contributed by atoms with Gasteiger partial charge < -0.3 is 10.1 Å². The Morgan fingerprint density at radius 3 is 2.57 bits per heavy atom. The summed E-state index contributed by atoms with van der Waals surface area (Å²) >= 11 is 3.11. The van der Waals surface area contributed by atoms with Crippen molar-refractivity contribution in [3.05, 3.63) is 69.9 Å². The Kier molecular flexibility index (Phi) is 5.87. The number of esters is 1. The summed E-state index contributed by atoms with van der Waals surface area (Å²) in [6, 6.07) is 13.3. The number of halogens is 2. The molecule has 1 N–H and O–H groups in total. The van der Waals surface area contributed by atoms with E-state index in [1.165, 1.54) is 19.1 Å². The van der Waals surface area contributed by atoms with E-state index >= 15 is 0 Å². The molecule has 0 aliphatic carbocycles. The number of benzene rings is 2. The van der Waals surface area contributed by atoms with E-state index in [0.717, 1.165) is 11.6 Å². The molecule has 0 radical (unpaired) electrons. The number of amides is 1. The standard InChI is InChI=1S/C17H15BrFNO3/c1-11(16(21)20-10-12-5-3-2-4-6-12)23-17(22)14-8-7-13(18)9-15(14)19/h2-9,11H,10H2,1H3,(H,20,21)/t11-/m1/s1. The molecule has 23 heavy (non-hydrogen) atoms. The topological polar surface area (TPSA) is 55.4 Å². The third kappa shape index (κ3) is 4.89. The first-order valence-electron chi connectivity index (χ1n) is 6.95. The molecule has 0 aliphatic rings. The summed E-state index contributed by atoms with van der Waals surface area (Å²) in [4.78, 5) is 23.8. The van der Waals surface area contributed by atoms with Crippen molar-refractivity contribution in [3.63, 3.8) is 0 Å². The number of carbonyl (C=O) groups excluding carboxylic acids is 2. The molecule has 0 fully saturated rings. The minimum absolute atomic E-state index is 0.212. The van der Waals surface area contributed by atoms with Crippen LogP contribution in [0.4, 0.5) is 4.39 Å². The Bertz CT molecular complexity index is 706. The minimum atomic E-state index is -1.02. The molecule has 0 aromatic heterocycles. The predicted molar refractivity (Wildman–Crippen MR) is 87.3 cm³/mol. The molecule has 1 atom stereocenters. The summed E-state index contributed by atoms with van der Waals surface area (Å²) in [7, 11) is 0. The van der Waals surface area contributed by atoms with Crippen LogP contribution in [0.5, 0.6) is 0 Å². The lowest BCUT2D eigenvalue weighted by Crippen LogP contribution is -2.35. The van der Waals surface area contributed by atoms with Gasteiger partial charge in [-0.15, -0.1) is 0 Å². The Balaban J connectivity index is 1.91. The van der Waals surface area contributed by atoms with Gasteiger partial charge in [-0.25, -0.2) is 9.18 Å². The van der Waals surface area contributed by atoms with Gasteiger partial charge in [-0.05, 0) is 30.7 Å². The molecule has 2 rings (SSSR count). The van der Waals surface area contributed by atoms with Crippen LogP contribution in [0.25, 0.3) is 0 Å². The molecule has 0 saturated heterocycles. The Morgan fingerprint density at radius 1 is 1.22 bits per heavy atom. The van der Waals surface area contributed by atoms with Crippen molar-refractivity contribution in [2.75, 3.05) is 0 Å². The molecular weight excluding hydrogens is 365 g/mol. The second-order valence-corrected chi connectivity index (χ2v) is 5.79. The number of nitrogens with one attached hydrogen (secondary N) is 1. The van der Waals surface area contributed by atoms with Crippen LogP contribution < -0.4 is 5.32 Å². The highest BCUT2D eigenvalue weighted by Gasteiger charge is 2.21. The smallest absolute Gasteiger partial charge is 0.341 e. The highest BCUT2D eigenvalue weighted by molar-refractivity contribution is 9.10. The molecule has 2 aromatic rings. The van der Waals surface area contributed by atoms with Gasteiger partial charge in [0.25, 0.3) is 5.91 Å². The third-order valence-electron chi connectivity index (χ3n) is 3.11. The van der Waals surface area contributed by atoms with Gasteiger partial charge in [0.05, 0.1) is 5.56 Å². The second-order valence-electron chi connectivity index (χ2n) is 4.88. The average molecular weight is 380 g/mol. The zero-order valence-electron chi connectivity index (χ0n) is 12.4. The van der Waals surface area contributed by atoms with Gasteiger partial charge in [0, 0.05) is 11.0 Å². The summed E-state index contributed by atoms with van der Waals surface area (Å²) in [6.45, 7) is 1.77.